The molecule has 3 aromatic rings. The fraction of sp³-hybridized carbons (Fsp3) is 0.333. The molecule has 0 saturated carbocycles. The van der Waals surface area contributed by atoms with Crippen LogP contribution in [0.4, 0.5) is 39.0 Å². The SMILES string of the molecule is C#CCN1C(=O)COc2cc(F)c(N3C(=O)C4=C(CCCC4)C3=O)cc21.CC(C)N(C(=O)COc1nnc(C(F)(F)F)s1)c1ccc(F)cc1. The number of terminal acetylenes is 1. The molecule has 3 aliphatic rings. The van der Waals surface area contributed by atoms with Gasteiger partial charge in [0.05, 0.1) is 17.9 Å². The first-order chi connectivity index (χ1) is 23.7. The number of nitrogens with zero attached hydrogens (tertiary/aromatic N) is 5. The third-order valence-corrected chi connectivity index (χ3v) is 8.59. The molecule has 0 spiro atoms. The van der Waals surface area contributed by atoms with Gasteiger partial charge in [0.25, 0.3) is 28.8 Å². The average molecular weight is 718 g/mol. The zero-order valence-electron chi connectivity index (χ0n) is 26.6. The highest BCUT2D eigenvalue weighted by Gasteiger charge is 2.42. The van der Waals surface area contributed by atoms with Crippen LogP contribution in [0.5, 0.6) is 10.9 Å². The van der Waals surface area contributed by atoms with Crippen LogP contribution in [0.25, 0.3) is 0 Å². The number of halogens is 5. The normalized spacial score (nSPS) is 15.6. The average Bonchev–Trinajstić information content (AvgIpc) is 3.66. The minimum absolute atomic E-state index is 0.0170. The topological polar surface area (TPSA) is 122 Å². The largest absolute Gasteiger partial charge is 0.481 e. The lowest BCUT2D eigenvalue weighted by Gasteiger charge is -2.29. The smallest absolute Gasteiger partial charge is 0.445 e. The number of carbonyl (C=O) groups is 4. The molecule has 0 radical (unpaired) electrons. The number of hydrogen-bond donors (Lipinski definition) is 0. The quantitative estimate of drug-likeness (QED) is 0.180. The Hall–Kier alpha value is -5.37. The fourth-order valence-electron chi connectivity index (χ4n) is 5.51. The van der Waals surface area contributed by atoms with Crippen LogP contribution in [0.3, 0.4) is 0 Å². The Labute approximate surface area is 286 Å². The van der Waals surface area contributed by atoms with Crippen LogP contribution in [0, 0.1) is 24.0 Å². The van der Waals surface area contributed by atoms with Crippen molar-refractivity contribution in [2.75, 3.05) is 34.5 Å². The summed E-state index contributed by atoms with van der Waals surface area (Å²) in [5.41, 5.74) is 1.44. The van der Waals surface area contributed by atoms with Crippen molar-refractivity contribution in [3.05, 3.63) is 64.2 Å². The lowest BCUT2D eigenvalue weighted by atomic mass is 9.93. The van der Waals surface area contributed by atoms with Crippen LogP contribution in [0.15, 0.2) is 47.5 Å². The third-order valence-electron chi connectivity index (χ3n) is 7.71. The standard InChI is InChI=1S/C19H15FN2O4.C14H13F4N3O2S/c1-2-7-21-15-9-14(13(20)8-16(15)26-10-17(21)23)22-18(24)11-5-3-4-6-12(11)19(22)25;1-8(2)21(10-5-3-9(15)4-6-10)11(22)7-23-13-20-19-12(24-13)14(16,17)18/h1,8-9H,3-7,10H2;3-6,8H,7H2,1-2H3. The second-order valence-electron chi connectivity index (χ2n) is 11.3. The molecule has 0 unspecified atom stereocenters. The summed E-state index contributed by atoms with van der Waals surface area (Å²) in [6, 6.07) is 7.39. The van der Waals surface area contributed by atoms with Crippen molar-refractivity contribution in [2.45, 2.75) is 51.7 Å². The van der Waals surface area contributed by atoms with Gasteiger partial charge >= 0.3 is 6.18 Å². The number of benzene rings is 2. The molecule has 262 valence electrons. The van der Waals surface area contributed by atoms with Crippen LogP contribution in [0.2, 0.25) is 0 Å². The first-order valence-corrected chi connectivity index (χ1v) is 15.9. The number of rotatable bonds is 7. The van der Waals surface area contributed by atoms with Crippen molar-refractivity contribution in [1.29, 1.82) is 0 Å². The minimum atomic E-state index is -4.61. The molecule has 2 aromatic carbocycles. The monoisotopic (exact) mass is 717 g/mol. The van der Waals surface area contributed by atoms with Gasteiger partial charge < -0.3 is 14.4 Å². The summed E-state index contributed by atoms with van der Waals surface area (Å²) in [6.07, 6.45) is 3.40. The Bertz CT molecular complexity index is 1880. The van der Waals surface area contributed by atoms with Gasteiger partial charge in [-0.1, -0.05) is 22.4 Å². The van der Waals surface area contributed by atoms with E-state index in [4.69, 9.17) is 15.9 Å². The van der Waals surface area contributed by atoms with E-state index in [1.54, 1.807) is 13.8 Å². The third kappa shape index (κ3) is 7.44. The van der Waals surface area contributed by atoms with Gasteiger partial charge in [0, 0.05) is 28.9 Å². The summed E-state index contributed by atoms with van der Waals surface area (Å²) in [6.45, 7) is 2.71. The number of amides is 4. The molecule has 0 fully saturated rings. The molecule has 1 aliphatic carbocycles. The summed E-state index contributed by atoms with van der Waals surface area (Å²) in [5, 5.41) is 4.72. The van der Waals surface area contributed by atoms with Gasteiger partial charge in [-0.05, 0) is 69.9 Å². The van der Waals surface area contributed by atoms with E-state index < -0.39 is 47.1 Å². The van der Waals surface area contributed by atoms with E-state index in [9.17, 15) is 41.1 Å². The Morgan fingerprint density at radius 3 is 2.24 bits per heavy atom. The maximum absolute atomic E-state index is 14.7. The molecule has 0 saturated heterocycles. The summed E-state index contributed by atoms with van der Waals surface area (Å²) >= 11 is 0.210. The Morgan fingerprint density at radius 1 is 1.04 bits per heavy atom. The van der Waals surface area contributed by atoms with Crippen LogP contribution in [0.1, 0.15) is 44.5 Å². The number of alkyl halides is 3. The van der Waals surface area contributed by atoms with Crippen molar-refractivity contribution >= 4 is 52.0 Å². The van der Waals surface area contributed by atoms with E-state index in [1.807, 2.05) is 0 Å². The number of carbonyl (C=O) groups excluding carboxylic acids is 4. The number of aromatic nitrogens is 2. The van der Waals surface area contributed by atoms with Crippen LogP contribution < -0.4 is 24.2 Å². The lowest BCUT2D eigenvalue weighted by molar-refractivity contribution is -0.138. The highest BCUT2D eigenvalue weighted by molar-refractivity contribution is 7.13. The van der Waals surface area contributed by atoms with Crippen molar-refractivity contribution in [3.63, 3.8) is 0 Å². The lowest BCUT2D eigenvalue weighted by Crippen LogP contribution is -2.40. The van der Waals surface area contributed by atoms with E-state index >= 15 is 0 Å². The zero-order chi connectivity index (χ0) is 36.3. The van der Waals surface area contributed by atoms with Gasteiger partial charge in [0.2, 0.25) is 5.01 Å². The van der Waals surface area contributed by atoms with Gasteiger partial charge in [-0.3, -0.25) is 24.1 Å². The minimum Gasteiger partial charge on any atom is -0.481 e. The molecule has 17 heteroatoms. The predicted molar refractivity (Wildman–Crippen MR) is 170 cm³/mol. The number of hydrogen-bond acceptors (Lipinski definition) is 9. The molecule has 0 bridgehead atoms. The van der Waals surface area contributed by atoms with Crippen molar-refractivity contribution < 1.29 is 50.6 Å². The molecule has 6 rings (SSSR count). The first-order valence-electron chi connectivity index (χ1n) is 15.1. The van der Waals surface area contributed by atoms with E-state index in [2.05, 4.69) is 16.1 Å². The van der Waals surface area contributed by atoms with Crippen molar-refractivity contribution in [2.24, 2.45) is 0 Å². The van der Waals surface area contributed by atoms with Gasteiger partial charge in [0.15, 0.2) is 19.0 Å². The van der Waals surface area contributed by atoms with Crippen molar-refractivity contribution in [1.82, 2.24) is 10.2 Å². The summed E-state index contributed by atoms with van der Waals surface area (Å²) in [4.78, 5) is 53.2. The molecule has 11 nitrogen and oxygen atoms in total. The molecular formula is C33H28F5N5O6S. The second-order valence-corrected chi connectivity index (χ2v) is 12.3. The zero-order valence-corrected chi connectivity index (χ0v) is 27.4. The highest BCUT2D eigenvalue weighted by atomic mass is 32.1. The van der Waals surface area contributed by atoms with E-state index in [0.29, 0.717) is 29.7 Å². The first kappa shape index (κ1) is 35.9. The molecule has 50 heavy (non-hydrogen) atoms. The van der Waals surface area contributed by atoms with E-state index in [1.165, 1.54) is 40.1 Å². The molecule has 0 atom stereocenters. The number of anilines is 3. The molecule has 1 aromatic heterocycles. The molecule has 4 amide bonds. The molecular weight excluding hydrogens is 689 g/mol. The maximum atomic E-state index is 14.7. The number of imide groups is 1. The van der Waals surface area contributed by atoms with Crippen LogP contribution in [-0.2, 0) is 25.4 Å². The van der Waals surface area contributed by atoms with Crippen molar-refractivity contribution in [3.8, 4) is 23.3 Å². The highest BCUT2D eigenvalue weighted by Crippen LogP contribution is 2.42. The summed E-state index contributed by atoms with van der Waals surface area (Å²) < 4.78 is 75.2. The molecule has 0 N–H and O–H groups in total. The van der Waals surface area contributed by atoms with Gasteiger partial charge in [-0.25, -0.2) is 13.7 Å². The predicted octanol–water partition coefficient (Wildman–Crippen LogP) is 5.44. The van der Waals surface area contributed by atoms with E-state index in [0.717, 1.165) is 23.8 Å². The molecule has 3 heterocycles. The second kappa shape index (κ2) is 14.6. The van der Waals surface area contributed by atoms with Gasteiger partial charge in [0.1, 0.15) is 11.6 Å². The summed E-state index contributed by atoms with van der Waals surface area (Å²) in [5.74, 6) is -0.539. The van der Waals surface area contributed by atoms with Crippen LogP contribution in [-0.4, -0.2) is 59.6 Å². The van der Waals surface area contributed by atoms with Gasteiger partial charge in [-0.2, -0.15) is 13.2 Å². The maximum Gasteiger partial charge on any atom is 0.445 e. The Balaban J connectivity index is 0.000000195. The summed E-state index contributed by atoms with van der Waals surface area (Å²) in [7, 11) is 0. The molecule has 2 aliphatic heterocycles. The Kier molecular flexibility index (Phi) is 10.5. The number of fused-ring (bicyclic) bond motifs is 1. The van der Waals surface area contributed by atoms with E-state index in [-0.39, 0.29) is 58.8 Å². The number of ether oxygens (including phenoxy) is 2. The Morgan fingerprint density at radius 2 is 1.68 bits per heavy atom. The van der Waals surface area contributed by atoms with Gasteiger partial charge in [-0.15, -0.1) is 11.5 Å². The van der Waals surface area contributed by atoms with Crippen LogP contribution >= 0.6 is 11.3 Å². The fourth-order valence-corrected chi connectivity index (χ4v) is 6.07.